The predicted molar refractivity (Wildman–Crippen MR) is 97.6 cm³/mol. The smallest absolute Gasteiger partial charge is 0.249 e. The highest BCUT2D eigenvalue weighted by Crippen LogP contribution is 2.59. The summed E-state index contributed by atoms with van der Waals surface area (Å²) >= 11 is 6.24. The van der Waals surface area contributed by atoms with E-state index in [2.05, 4.69) is 5.32 Å². The fraction of sp³-hybridized carbons (Fsp3) is 0.579. The van der Waals surface area contributed by atoms with Crippen molar-refractivity contribution in [1.82, 2.24) is 10.2 Å². The first kappa shape index (κ1) is 16.9. The molecule has 0 bridgehead atoms. The quantitative estimate of drug-likeness (QED) is 0.898. The first-order chi connectivity index (χ1) is 12.0. The van der Waals surface area contributed by atoms with Gasteiger partial charge in [0.25, 0.3) is 0 Å². The van der Waals surface area contributed by atoms with Crippen LogP contribution in [0.2, 0.25) is 5.02 Å². The van der Waals surface area contributed by atoms with E-state index in [9.17, 15) is 9.59 Å². The minimum absolute atomic E-state index is 0.0241. The van der Waals surface area contributed by atoms with Gasteiger partial charge in [-0.3, -0.25) is 9.59 Å². The molecule has 25 heavy (non-hydrogen) atoms. The van der Waals surface area contributed by atoms with Crippen LogP contribution in [0, 0.1) is 11.3 Å². The van der Waals surface area contributed by atoms with E-state index in [0.717, 1.165) is 38.0 Å². The van der Waals surface area contributed by atoms with E-state index in [1.807, 2.05) is 18.2 Å². The van der Waals surface area contributed by atoms with E-state index in [-0.39, 0.29) is 29.2 Å². The van der Waals surface area contributed by atoms with E-state index in [4.69, 9.17) is 11.6 Å². The summed E-state index contributed by atoms with van der Waals surface area (Å²) in [6.45, 7) is 2.59. The molecule has 0 radical (unpaired) electrons. The Labute approximate surface area is 153 Å². The molecule has 2 amide bonds. The number of carbonyl (C=O) groups excluding carboxylic acids is 2. The van der Waals surface area contributed by atoms with Crippen molar-refractivity contribution < 1.29 is 9.59 Å². The summed E-state index contributed by atoms with van der Waals surface area (Å²) in [5, 5.41) is 3.93. The number of nitrogens with zero attached hydrogens (tertiary/aromatic N) is 2. The maximum absolute atomic E-state index is 12.9. The van der Waals surface area contributed by atoms with Gasteiger partial charge in [-0.1, -0.05) is 23.7 Å². The minimum Gasteiger partial charge on any atom is -0.333 e. The molecule has 1 aromatic rings. The van der Waals surface area contributed by atoms with Crippen LogP contribution < -0.4 is 10.2 Å². The standard InChI is InChI=1S/C19H24ClN3O2/c1-22(17(24)13-12-19(13)7-9-21-10-8-19)16-6-11-23(18(16)25)15-5-3-2-4-14(15)20/h2-5,13,16,21H,6-12H2,1H3/t13-,16+/m0/s1. The van der Waals surface area contributed by atoms with Gasteiger partial charge in [0.05, 0.1) is 10.7 Å². The van der Waals surface area contributed by atoms with Gasteiger partial charge < -0.3 is 15.1 Å². The van der Waals surface area contributed by atoms with Crippen molar-refractivity contribution in [3.05, 3.63) is 29.3 Å². The SMILES string of the molecule is CN(C(=O)[C@@H]1CC12CCNCC2)[C@@H]1CCN(c2ccccc2Cl)C1=O. The molecular weight excluding hydrogens is 338 g/mol. The summed E-state index contributed by atoms with van der Waals surface area (Å²) in [5.74, 6) is 0.215. The second kappa shape index (κ2) is 6.29. The van der Waals surface area contributed by atoms with Gasteiger partial charge in [0.2, 0.25) is 11.8 Å². The molecule has 2 saturated heterocycles. The topological polar surface area (TPSA) is 52.7 Å². The molecule has 1 spiro atoms. The fourth-order valence-corrected chi connectivity index (χ4v) is 4.75. The summed E-state index contributed by atoms with van der Waals surface area (Å²) in [4.78, 5) is 29.2. The summed E-state index contributed by atoms with van der Waals surface area (Å²) in [7, 11) is 1.79. The first-order valence-corrected chi connectivity index (χ1v) is 9.45. The molecule has 2 aliphatic heterocycles. The Morgan fingerprint density at radius 2 is 2.04 bits per heavy atom. The van der Waals surface area contributed by atoms with Gasteiger partial charge in [-0.2, -0.15) is 0 Å². The van der Waals surface area contributed by atoms with Crippen molar-refractivity contribution >= 4 is 29.1 Å². The van der Waals surface area contributed by atoms with Crippen LogP contribution in [-0.2, 0) is 9.59 Å². The van der Waals surface area contributed by atoms with Gasteiger partial charge in [0, 0.05) is 19.5 Å². The van der Waals surface area contributed by atoms with Gasteiger partial charge in [0.1, 0.15) is 6.04 Å². The predicted octanol–water partition coefficient (Wildman–Crippen LogP) is 2.29. The van der Waals surface area contributed by atoms with Crippen molar-refractivity contribution in [1.29, 1.82) is 0 Å². The van der Waals surface area contributed by atoms with Crippen LogP contribution >= 0.6 is 11.6 Å². The Balaban J connectivity index is 1.45. The number of benzene rings is 1. The van der Waals surface area contributed by atoms with Crippen molar-refractivity contribution in [2.24, 2.45) is 11.3 Å². The third-order valence-corrected chi connectivity index (χ3v) is 6.54. The van der Waals surface area contributed by atoms with E-state index in [1.165, 1.54) is 0 Å². The number of likely N-dealkylation sites (N-methyl/N-ethyl adjacent to an activating group) is 1. The Morgan fingerprint density at radius 3 is 2.76 bits per heavy atom. The number of para-hydroxylation sites is 1. The second-order valence-electron chi connectivity index (χ2n) is 7.56. The van der Waals surface area contributed by atoms with Crippen molar-refractivity contribution in [3.63, 3.8) is 0 Å². The van der Waals surface area contributed by atoms with E-state index in [0.29, 0.717) is 18.0 Å². The van der Waals surface area contributed by atoms with E-state index >= 15 is 0 Å². The number of amides is 2. The Morgan fingerprint density at radius 1 is 1.32 bits per heavy atom. The molecule has 1 N–H and O–H groups in total. The Bertz CT molecular complexity index is 702. The first-order valence-electron chi connectivity index (χ1n) is 9.07. The maximum atomic E-state index is 12.9. The van der Waals surface area contributed by atoms with Crippen molar-refractivity contribution in [2.45, 2.75) is 31.7 Å². The summed E-state index contributed by atoms with van der Waals surface area (Å²) in [6, 6.07) is 7.00. The Hall–Kier alpha value is -1.59. The van der Waals surface area contributed by atoms with Gasteiger partial charge in [-0.15, -0.1) is 0 Å². The third kappa shape index (κ3) is 2.83. The monoisotopic (exact) mass is 361 g/mol. The Kier molecular flexibility index (Phi) is 4.24. The minimum atomic E-state index is -0.372. The largest absolute Gasteiger partial charge is 0.333 e. The van der Waals surface area contributed by atoms with E-state index in [1.54, 1.807) is 22.9 Å². The molecule has 2 heterocycles. The summed E-state index contributed by atoms with van der Waals surface area (Å²) in [6.07, 6.45) is 3.78. The molecule has 1 aliphatic carbocycles. The highest BCUT2D eigenvalue weighted by Gasteiger charge is 2.59. The molecule has 0 aromatic heterocycles. The molecule has 4 rings (SSSR count). The highest BCUT2D eigenvalue weighted by molar-refractivity contribution is 6.34. The number of piperidine rings is 1. The van der Waals surface area contributed by atoms with Crippen molar-refractivity contribution in [3.8, 4) is 0 Å². The molecule has 2 atom stereocenters. The van der Waals surface area contributed by atoms with Crippen molar-refractivity contribution in [2.75, 3.05) is 31.6 Å². The van der Waals surface area contributed by atoms with Gasteiger partial charge in [-0.25, -0.2) is 0 Å². The molecule has 0 unspecified atom stereocenters. The number of halogens is 1. The highest BCUT2D eigenvalue weighted by atomic mass is 35.5. The lowest BCUT2D eigenvalue weighted by Gasteiger charge is -2.27. The number of anilines is 1. The zero-order chi connectivity index (χ0) is 17.6. The summed E-state index contributed by atoms with van der Waals surface area (Å²) in [5.41, 5.74) is 0.930. The fourth-order valence-electron chi connectivity index (χ4n) is 4.51. The van der Waals surface area contributed by atoms with E-state index < -0.39 is 0 Å². The number of nitrogens with one attached hydrogen (secondary N) is 1. The number of hydrogen-bond acceptors (Lipinski definition) is 3. The third-order valence-electron chi connectivity index (χ3n) is 6.22. The number of carbonyl (C=O) groups is 2. The van der Waals surface area contributed by atoms with Crippen LogP contribution in [0.3, 0.4) is 0 Å². The zero-order valence-electron chi connectivity index (χ0n) is 14.5. The summed E-state index contributed by atoms with van der Waals surface area (Å²) < 4.78 is 0. The van der Waals surface area contributed by atoms with Crippen LogP contribution in [0.1, 0.15) is 25.7 Å². The van der Waals surface area contributed by atoms with Crippen LogP contribution in [-0.4, -0.2) is 49.4 Å². The molecule has 5 nitrogen and oxygen atoms in total. The molecule has 1 saturated carbocycles. The second-order valence-corrected chi connectivity index (χ2v) is 7.97. The van der Waals surface area contributed by atoms with Crippen LogP contribution in [0.4, 0.5) is 5.69 Å². The van der Waals surface area contributed by atoms with Crippen LogP contribution in [0.15, 0.2) is 24.3 Å². The lowest BCUT2D eigenvalue weighted by atomic mass is 9.91. The lowest BCUT2D eigenvalue weighted by Crippen LogP contribution is -2.44. The molecule has 134 valence electrons. The molecular formula is C19H24ClN3O2. The average molecular weight is 362 g/mol. The molecule has 3 fully saturated rings. The van der Waals surface area contributed by atoms with Gasteiger partial charge in [-0.05, 0) is 56.3 Å². The van der Waals surface area contributed by atoms with Gasteiger partial charge in [0.15, 0.2) is 0 Å². The zero-order valence-corrected chi connectivity index (χ0v) is 15.3. The van der Waals surface area contributed by atoms with Crippen LogP contribution in [0.25, 0.3) is 0 Å². The molecule has 3 aliphatic rings. The molecule has 6 heteroatoms. The number of rotatable bonds is 3. The lowest BCUT2D eigenvalue weighted by molar-refractivity contribution is -0.138. The maximum Gasteiger partial charge on any atom is 0.249 e. The van der Waals surface area contributed by atoms with Gasteiger partial charge >= 0.3 is 0 Å². The number of hydrogen-bond donors (Lipinski definition) is 1. The average Bonchev–Trinajstić information content (AvgIpc) is 3.17. The molecule has 1 aromatic carbocycles. The normalized spacial score (nSPS) is 27.6. The van der Waals surface area contributed by atoms with Crippen LogP contribution in [0.5, 0.6) is 0 Å².